The number of nitrogens with zero attached hydrogens (tertiary/aromatic N) is 1. The van der Waals surface area contributed by atoms with Crippen LogP contribution < -0.4 is 19.3 Å². The zero-order chi connectivity index (χ0) is 16.8. The van der Waals surface area contributed by atoms with Crippen LogP contribution in [-0.2, 0) is 6.54 Å². The molecule has 2 aromatic rings. The van der Waals surface area contributed by atoms with Crippen molar-refractivity contribution in [2.75, 3.05) is 44.8 Å². The van der Waals surface area contributed by atoms with Gasteiger partial charge in [-0.05, 0) is 31.2 Å². The summed E-state index contributed by atoms with van der Waals surface area (Å²) in [4.78, 5) is 4.03. The van der Waals surface area contributed by atoms with Gasteiger partial charge in [-0.2, -0.15) is 0 Å². The minimum atomic E-state index is 0.716. The fourth-order valence-electron chi connectivity index (χ4n) is 3.35. The van der Waals surface area contributed by atoms with Crippen LogP contribution >= 0.6 is 0 Å². The van der Waals surface area contributed by atoms with E-state index in [4.69, 9.17) is 9.47 Å². The summed E-state index contributed by atoms with van der Waals surface area (Å²) in [6.07, 6.45) is 0. The molecule has 3 rings (SSSR count). The summed E-state index contributed by atoms with van der Waals surface area (Å²) in [6.45, 7) is 8.12. The average Bonchev–Trinajstić information content (AvgIpc) is 2.64. The molecule has 2 aromatic carbocycles. The number of piperazine rings is 1. The van der Waals surface area contributed by atoms with Crippen LogP contribution in [0.25, 0.3) is 0 Å². The summed E-state index contributed by atoms with van der Waals surface area (Å²) in [5.41, 5.74) is 2.51. The minimum absolute atomic E-state index is 0.716. The lowest BCUT2D eigenvalue weighted by molar-refractivity contribution is -0.914. The molecular formula is C20H27N2O2+. The van der Waals surface area contributed by atoms with Gasteiger partial charge in [0, 0.05) is 5.56 Å². The molecule has 1 N–H and O–H groups in total. The van der Waals surface area contributed by atoms with Crippen LogP contribution in [0.3, 0.4) is 0 Å². The summed E-state index contributed by atoms with van der Waals surface area (Å²) in [5, 5.41) is 0. The fourth-order valence-corrected chi connectivity index (χ4v) is 3.35. The smallest absolute Gasteiger partial charge is 0.142 e. The largest absolute Gasteiger partial charge is 0.495 e. The number of rotatable bonds is 6. The first kappa shape index (κ1) is 16.7. The summed E-state index contributed by atoms with van der Waals surface area (Å²) >= 11 is 0. The van der Waals surface area contributed by atoms with E-state index < -0.39 is 0 Å². The summed E-state index contributed by atoms with van der Waals surface area (Å²) in [6, 6.07) is 16.7. The lowest BCUT2D eigenvalue weighted by atomic mass is 10.1. The number of benzene rings is 2. The summed E-state index contributed by atoms with van der Waals surface area (Å²) in [7, 11) is 1.74. The molecule has 0 unspecified atom stereocenters. The second-order valence-electron chi connectivity index (χ2n) is 6.13. The molecule has 24 heavy (non-hydrogen) atoms. The molecule has 0 saturated carbocycles. The Morgan fingerprint density at radius 1 is 0.958 bits per heavy atom. The number of anilines is 1. The highest BCUT2D eigenvalue weighted by atomic mass is 16.5. The van der Waals surface area contributed by atoms with Gasteiger partial charge in [0.25, 0.3) is 0 Å². The highest BCUT2D eigenvalue weighted by molar-refractivity contribution is 5.58. The van der Waals surface area contributed by atoms with E-state index in [-0.39, 0.29) is 0 Å². The van der Waals surface area contributed by atoms with Crippen molar-refractivity contribution < 1.29 is 14.4 Å². The van der Waals surface area contributed by atoms with Crippen molar-refractivity contribution in [2.24, 2.45) is 0 Å². The molecule has 0 aliphatic carbocycles. The van der Waals surface area contributed by atoms with Crippen molar-refractivity contribution in [1.82, 2.24) is 0 Å². The zero-order valence-electron chi connectivity index (χ0n) is 14.6. The Labute approximate surface area is 144 Å². The minimum Gasteiger partial charge on any atom is -0.495 e. The van der Waals surface area contributed by atoms with Crippen molar-refractivity contribution >= 4 is 5.69 Å². The van der Waals surface area contributed by atoms with Crippen LogP contribution in [0.4, 0.5) is 5.69 Å². The number of ether oxygens (including phenoxy) is 2. The van der Waals surface area contributed by atoms with Crippen LogP contribution in [0, 0.1) is 0 Å². The Hall–Kier alpha value is -2.20. The third-order valence-electron chi connectivity index (χ3n) is 4.61. The van der Waals surface area contributed by atoms with Gasteiger partial charge >= 0.3 is 0 Å². The molecular weight excluding hydrogens is 300 g/mol. The normalized spacial score (nSPS) is 15.3. The summed E-state index contributed by atoms with van der Waals surface area (Å²) < 4.78 is 11.3. The molecule has 1 fully saturated rings. The Bertz CT molecular complexity index is 652. The van der Waals surface area contributed by atoms with Crippen molar-refractivity contribution in [2.45, 2.75) is 13.5 Å². The second kappa shape index (κ2) is 8.06. The maximum atomic E-state index is 5.76. The molecule has 1 aliphatic rings. The maximum Gasteiger partial charge on any atom is 0.142 e. The summed E-state index contributed by atoms with van der Waals surface area (Å²) in [5.74, 6) is 1.99. The Morgan fingerprint density at radius 2 is 1.62 bits per heavy atom. The molecule has 0 amide bonds. The molecule has 4 heteroatoms. The molecule has 1 saturated heterocycles. The maximum absolute atomic E-state index is 5.76. The van der Waals surface area contributed by atoms with E-state index in [9.17, 15) is 0 Å². The molecule has 1 heterocycles. The molecule has 1 aliphatic heterocycles. The number of hydrogen-bond donors (Lipinski definition) is 1. The van der Waals surface area contributed by atoms with E-state index in [2.05, 4.69) is 35.2 Å². The number of nitrogens with one attached hydrogen (secondary N) is 1. The van der Waals surface area contributed by atoms with Crippen LogP contribution in [0.15, 0.2) is 48.5 Å². The van der Waals surface area contributed by atoms with Crippen molar-refractivity contribution in [1.29, 1.82) is 0 Å². The number of hydrogen-bond acceptors (Lipinski definition) is 3. The monoisotopic (exact) mass is 327 g/mol. The predicted molar refractivity (Wildman–Crippen MR) is 97.2 cm³/mol. The van der Waals surface area contributed by atoms with Gasteiger partial charge < -0.3 is 19.3 Å². The third-order valence-corrected chi connectivity index (χ3v) is 4.61. The standard InChI is InChI=1S/C20H26N2O2/c1-3-24-19-10-6-4-8-17(19)16-21-12-14-22(15-13-21)18-9-5-7-11-20(18)23-2/h4-11H,3,12-16H2,1-2H3/p+1. The molecule has 128 valence electrons. The van der Waals surface area contributed by atoms with Gasteiger partial charge in [0.2, 0.25) is 0 Å². The highest BCUT2D eigenvalue weighted by Crippen LogP contribution is 2.27. The predicted octanol–water partition coefficient (Wildman–Crippen LogP) is 2.00. The lowest BCUT2D eigenvalue weighted by Crippen LogP contribution is -3.13. The number of quaternary nitrogens is 1. The Morgan fingerprint density at radius 3 is 2.33 bits per heavy atom. The van der Waals surface area contributed by atoms with Crippen molar-refractivity contribution in [3.8, 4) is 11.5 Å². The second-order valence-corrected chi connectivity index (χ2v) is 6.13. The first-order chi connectivity index (χ1) is 11.8. The fraction of sp³-hybridized carbons (Fsp3) is 0.400. The van der Waals surface area contributed by atoms with Crippen LogP contribution in [-0.4, -0.2) is 39.9 Å². The average molecular weight is 327 g/mol. The van der Waals surface area contributed by atoms with Crippen molar-refractivity contribution in [3.63, 3.8) is 0 Å². The zero-order valence-corrected chi connectivity index (χ0v) is 14.6. The van der Waals surface area contributed by atoms with E-state index in [0.29, 0.717) is 6.61 Å². The quantitative estimate of drug-likeness (QED) is 0.879. The van der Waals surface area contributed by atoms with Crippen LogP contribution in [0.1, 0.15) is 12.5 Å². The molecule has 0 radical (unpaired) electrons. The molecule has 0 atom stereocenters. The number of methoxy groups -OCH3 is 1. The number of para-hydroxylation sites is 3. The topological polar surface area (TPSA) is 26.1 Å². The van der Waals surface area contributed by atoms with Crippen LogP contribution in [0.5, 0.6) is 11.5 Å². The van der Waals surface area contributed by atoms with Crippen LogP contribution in [0.2, 0.25) is 0 Å². The molecule has 0 aromatic heterocycles. The first-order valence-corrected chi connectivity index (χ1v) is 8.74. The van der Waals surface area contributed by atoms with E-state index >= 15 is 0 Å². The van der Waals surface area contributed by atoms with Gasteiger partial charge in [0.05, 0.1) is 45.6 Å². The van der Waals surface area contributed by atoms with Gasteiger partial charge in [0.1, 0.15) is 18.0 Å². The molecule has 0 spiro atoms. The molecule has 0 bridgehead atoms. The van der Waals surface area contributed by atoms with E-state index in [1.54, 1.807) is 12.0 Å². The van der Waals surface area contributed by atoms with E-state index in [0.717, 1.165) is 44.2 Å². The van der Waals surface area contributed by atoms with E-state index in [1.807, 2.05) is 25.1 Å². The third kappa shape index (κ3) is 3.82. The van der Waals surface area contributed by atoms with Gasteiger partial charge in [-0.25, -0.2) is 0 Å². The van der Waals surface area contributed by atoms with Gasteiger partial charge in [-0.15, -0.1) is 0 Å². The lowest BCUT2D eigenvalue weighted by Gasteiger charge is -2.34. The molecule has 4 nitrogen and oxygen atoms in total. The Kier molecular flexibility index (Phi) is 5.59. The SMILES string of the molecule is CCOc1ccccc1C[NH+]1CCN(c2ccccc2OC)CC1. The van der Waals surface area contributed by atoms with Gasteiger partial charge in [-0.3, -0.25) is 0 Å². The van der Waals surface area contributed by atoms with Crippen molar-refractivity contribution in [3.05, 3.63) is 54.1 Å². The van der Waals surface area contributed by atoms with E-state index in [1.165, 1.54) is 11.3 Å². The first-order valence-electron chi connectivity index (χ1n) is 8.74. The van der Waals surface area contributed by atoms with Gasteiger partial charge in [-0.1, -0.05) is 24.3 Å². The van der Waals surface area contributed by atoms with Gasteiger partial charge in [0.15, 0.2) is 0 Å². The Balaban J connectivity index is 1.61. The highest BCUT2D eigenvalue weighted by Gasteiger charge is 2.23.